The van der Waals surface area contributed by atoms with Crippen molar-refractivity contribution < 1.29 is 4.92 Å². The van der Waals surface area contributed by atoms with E-state index in [0.717, 1.165) is 5.56 Å². The van der Waals surface area contributed by atoms with Crippen LogP contribution in [0.2, 0.25) is 0 Å². The molecule has 0 saturated carbocycles. The monoisotopic (exact) mass is 268 g/mol. The maximum absolute atomic E-state index is 10.9. The van der Waals surface area contributed by atoms with E-state index in [1.54, 1.807) is 31.2 Å². The van der Waals surface area contributed by atoms with Crippen LogP contribution in [0.15, 0.2) is 36.4 Å². The lowest BCUT2D eigenvalue weighted by atomic mass is 10.1. The molecule has 1 aromatic heterocycles. The topological polar surface area (TPSA) is 91.8 Å². The number of benzene rings is 1. The summed E-state index contributed by atoms with van der Waals surface area (Å²) in [5.41, 5.74) is 1.87. The van der Waals surface area contributed by atoms with Crippen LogP contribution in [-0.4, -0.2) is 9.91 Å². The van der Waals surface area contributed by atoms with Crippen LogP contribution in [0.25, 0.3) is 0 Å². The van der Waals surface area contributed by atoms with Crippen molar-refractivity contribution in [2.24, 2.45) is 0 Å². The van der Waals surface area contributed by atoms with Crippen LogP contribution in [-0.2, 0) is 6.54 Å². The molecule has 1 heterocycles. The van der Waals surface area contributed by atoms with E-state index in [9.17, 15) is 10.1 Å². The number of hydrogen-bond donors (Lipinski definition) is 1. The highest BCUT2D eigenvalue weighted by Gasteiger charge is 2.12. The predicted molar refractivity (Wildman–Crippen MR) is 74.1 cm³/mol. The van der Waals surface area contributed by atoms with Gasteiger partial charge in [-0.2, -0.15) is 5.26 Å². The quantitative estimate of drug-likeness (QED) is 0.680. The summed E-state index contributed by atoms with van der Waals surface area (Å²) >= 11 is 0. The Bertz CT molecular complexity index is 692. The van der Waals surface area contributed by atoms with Gasteiger partial charge in [0.2, 0.25) is 0 Å². The molecule has 0 radical (unpaired) electrons. The van der Waals surface area contributed by atoms with Crippen molar-refractivity contribution in [3.8, 4) is 6.07 Å². The Balaban J connectivity index is 2.17. The van der Waals surface area contributed by atoms with Crippen molar-refractivity contribution >= 4 is 11.5 Å². The zero-order chi connectivity index (χ0) is 14.5. The summed E-state index contributed by atoms with van der Waals surface area (Å²) < 4.78 is 0. The number of nitriles is 1. The Morgan fingerprint density at radius 1 is 1.35 bits per heavy atom. The Morgan fingerprint density at radius 2 is 2.10 bits per heavy atom. The summed E-state index contributed by atoms with van der Waals surface area (Å²) in [5.74, 6) is 0.565. The van der Waals surface area contributed by atoms with E-state index >= 15 is 0 Å². The Morgan fingerprint density at radius 3 is 2.80 bits per heavy atom. The fourth-order valence-electron chi connectivity index (χ4n) is 1.84. The number of aromatic nitrogens is 1. The lowest BCUT2D eigenvalue weighted by Crippen LogP contribution is -2.05. The number of pyridine rings is 1. The van der Waals surface area contributed by atoms with Crippen LogP contribution < -0.4 is 5.32 Å². The predicted octanol–water partition coefficient (Wildman–Crippen LogP) is 2.78. The summed E-state index contributed by atoms with van der Waals surface area (Å²) in [6.07, 6.45) is 0. The van der Waals surface area contributed by atoms with Crippen LogP contribution in [0.5, 0.6) is 0 Å². The number of nitro groups is 1. The van der Waals surface area contributed by atoms with Crippen LogP contribution in [0.3, 0.4) is 0 Å². The van der Waals surface area contributed by atoms with E-state index in [-0.39, 0.29) is 5.69 Å². The highest BCUT2D eigenvalue weighted by atomic mass is 16.6. The van der Waals surface area contributed by atoms with Gasteiger partial charge in [0.15, 0.2) is 0 Å². The molecule has 0 amide bonds. The molecule has 20 heavy (non-hydrogen) atoms. The van der Waals surface area contributed by atoms with Crippen molar-refractivity contribution in [3.05, 3.63) is 63.3 Å². The number of nitrogens with one attached hydrogen (secondary N) is 1. The van der Waals surface area contributed by atoms with Crippen LogP contribution in [0.4, 0.5) is 11.5 Å². The van der Waals surface area contributed by atoms with Gasteiger partial charge in [0.25, 0.3) is 5.69 Å². The molecular weight excluding hydrogens is 256 g/mol. The Labute approximate surface area is 115 Å². The van der Waals surface area contributed by atoms with E-state index in [1.165, 1.54) is 6.07 Å². The average molecular weight is 268 g/mol. The van der Waals surface area contributed by atoms with Gasteiger partial charge in [0, 0.05) is 18.2 Å². The molecule has 0 unspecified atom stereocenters. The van der Waals surface area contributed by atoms with Crippen LogP contribution in [0.1, 0.15) is 16.8 Å². The SMILES string of the molecule is Cc1c(CNc2cccc(C#N)n2)cccc1[N+](=O)[O-]. The summed E-state index contributed by atoms with van der Waals surface area (Å²) in [7, 11) is 0. The second kappa shape index (κ2) is 5.80. The molecule has 0 atom stereocenters. The van der Waals surface area contributed by atoms with Crippen molar-refractivity contribution in [3.63, 3.8) is 0 Å². The van der Waals surface area contributed by atoms with E-state index in [0.29, 0.717) is 23.6 Å². The van der Waals surface area contributed by atoms with Gasteiger partial charge in [-0.05, 0) is 24.6 Å². The number of anilines is 1. The molecular formula is C14H12N4O2. The second-order valence-electron chi connectivity index (χ2n) is 4.19. The van der Waals surface area contributed by atoms with Gasteiger partial charge in [-0.1, -0.05) is 18.2 Å². The van der Waals surface area contributed by atoms with E-state index < -0.39 is 4.92 Å². The maximum atomic E-state index is 10.9. The largest absolute Gasteiger partial charge is 0.366 e. The fraction of sp³-hybridized carbons (Fsp3) is 0.143. The van der Waals surface area contributed by atoms with Crippen molar-refractivity contribution in [2.75, 3.05) is 5.32 Å². The molecule has 0 spiro atoms. The molecule has 0 aliphatic rings. The zero-order valence-corrected chi connectivity index (χ0v) is 10.8. The van der Waals surface area contributed by atoms with Crippen molar-refractivity contribution in [1.82, 2.24) is 4.98 Å². The third-order valence-electron chi connectivity index (χ3n) is 2.94. The smallest absolute Gasteiger partial charge is 0.272 e. The molecule has 6 nitrogen and oxygen atoms in total. The zero-order valence-electron chi connectivity index (χ0n) is 10.8. The first kappa shape index (κ1) is 13.5. The van der Waals surface area contributed by atoms with E-state index in [2.05, 4.69) is 10.3 Å². The molecule has 0 aliphatic heterocycles. The van der Waals surface area contributed by atoms with Gasteiger partial charge in [-0.15, -0.1) is 0 Å². The van der Waals surface area contributed by atoms with Gasteiger partial charge in [0.05, 0.1) is 4.92 Å². The lowest BCUT2D eigenvalue weighted by Gasteiger charge is -2.08. The second-order valence-corrected chi connectivity index (χ2v) is 4.19. The minimum absolute atomic E-state index is 0.100. The molecule has 6 heteroatoms. The summed E-state index contributed by atoms with van der Waals surface area (Å²) in [5, 5.41) is 22.7. The van der Waals surface area contributed by atoms with Gasteiger partial charge in [0.1, 0.15) is 17.6 Å². The fourth-order valence-corrected chi connectivity index (χ4v) is 1.84. The summed E-state index contributed by atoms with van der Waals surface area (Å²) in [6, 6.07) is 12.0. The maximum Gasteiger partial charge on any atom is 0.272 e. The van der Waals surface area contributed by atoms with Crippen molar-refractivity contribution in [2.45, 2.75) is 13.5 Å². The first-order valence-electron chi connectivity index (χ1n) is 5.95. The van der Waals surface area contributed by atoms with Gasteiger partial charge >= 0.3 is 0 Å². The van der Waals surface area contributed by atoms with Crippen LogP contribution in [0, 0.1) is 28.4 Å². The number of nitrogens with zero attached hydrogens (tertiary/aromatic N) is 3. The van der Waals surface area contributed by atoms with Gasteiger partial charge in [-0.3, -0.25) is 10.1 Å². The minimum Gasteiger partial charge on any atom is -0.366 e. The first-order chi connectivity index (χ1) is 9.61. The number of rotatable bonds is 4. The molecule has 0 saturated heterocycles. The summed E-state index contributed by atoms with van der Waals surface area (Å²) in [6.45, 7) is 2.13. The Kier molecular flexibility index (Phi) is 3.91. The molecule has 0 bridgehead atoms. The molecule has 1 N–H and O–H groups in total. The Hall–Kier alpha value is -2.94. The molecule has 2 aromatic rings. The lowest BCUT2D eigenvalue weighted by molar-refractivity contribution is -0.385. The normalized spacial score (nSPS) is 9.80. The number of hydrogen-bond acceptors (Lipinski definition) is 5. The highest BCUT2D eigenvalue weighted by Crippen LogP contribution is 2.21. The first-order valence-corrected chi connectivity index (χ1v) is 5.95. The molecule has 0 aliphatic carbocycles. The van der Waals surface area contributed by atoms with Crippen LogP contribution >= 0.6 is 0 Å². The van der Waals surface area contributed by atoms with E-state index in [4.69, 9.17) is 5.26 Å². The third kappa shape index (κ3) is 2.90. The molecule has 2 rings (SSSR count). The molecule has 100 valence electrons. The average Bonchev–Trinajstić information content (AvgIpc) is 2.46. The van der Waals surface area contributed by atoms with Crippen molar-refractivity contribution in [1.29, 1.82) is 5.26 Å². The summed E-state index contributed by atoms with van der Waals surface area (Å²) in [4.78, 5) is 14.6. The van der Waals surface area contributed by atoms with E-state index in [1.807, 2.05) is 12.1 Å². The van der Waals surface area contributed by atoms with Gasteiger partial charge in [-0.25, -0.2) is 4.98 Å². The third-order valence-corrected chi connectivity index (χ3v) is 2.94. The highest BCUT2D eigenvalue weighted by molar-refractivity contribution is 5.46. The number of nitro benzene ring substituents is 1. The molecule has 1 aromatic carbocycles. The molecule has 0 fully saturated rings. The standard InChI is InChI=1S/C14H12N4O2/c1-10-11(4-2-6-13(10)18(19)20)9-16-14-7-3-5-12(8-15)17-14/h2-7H,9H2,1H3,(H,16,17). The van der Waals surface area contributed by atoms with Gasteiger partial charge < -0.3 is 5.32 Å². The minimum atomic E-state index is -0.395.